The van der Waals surface area contributed by atoms with Gasteiger partial charge in [0.05, 0.1) is 7.18 Å². The molecule has 0 aromatic heterocycles. The number of nitrogens with one attached hydrogen (secondary N) is 4. The van der Waals surface area contributed by atoms with E-state index in [2.05, 4.69) is 133 Å². The zero-order valence-electron chi connectivity index (χ0n) is 44.8. The lowest BCUT2D eigenvalue weighted by molar-refractivity contribution is -0.0328. The maximum absolute atomic E-state index is 9.50. The molecule has 2 aromatic rings. The molecule has 0 bridgehead atoms. The number of piperidine rings is 2. The van der Waals surface area contributed by atoms with E-state index in [9.17, 15) is 4.39 Å². The van der Waals surface area contributed by atoms with Gasteiger partial charge in [0.2, 0.25) is 0 Å². The third kappa shape index (κ3) is 18.9. The molecule has 376 valence electrons. The third-order valence-electron chi connectivity index (χ3n) is 14.4. The van der Waals surface area contributed by atoms with E-state index in [1.54, 1.807) is 0 Å². The molecule has 0 radical (unpaired) electrons. The number of aryl methyl sites for hydroxylation is 1. The van der Waals surface area contributed by atoms with E-state index in [0.717, 1.165) is 82.4 Å². The number of unbranched alkanes of at least 4 members (excludes halogenated alkanes) is 1. The van der Waals surface area contributed by atoms with Crippen molar-refractivity contribution in [2.24, 2.45) is 17.3 Å². The summed E-state index contributed by atoms with van der Waals surface area (Å²) in [6.07, 6.45) is 25.8. The van der Waals surface area contributed by atoms with Gasteiger partial charge in [-0.25, -0.2) is 0 Å². The Kier molecular flexibility index (Phi) is 29.9. The number of rotatable bonds is 20. The van der Waals surface area contributed by atoms with Gasteiger partial charge < -0.3 is 26.2 Å². The molecule has 1 aliphatic carbocycles. The molecule has 67 heavy (non-hydrogen) atoms. The van der Waals surface area contributed by atoms with Crippen LogP contribution < -0.4 is 21.3 Å². The second-order valence-corrected chi connectivity index (χ2v) is 18.8. The average Bonchev–Trinajstić information content (AvgIpc) is 3.56. The molecule has 2 aromatic carbocycles. The van der Waals surface area contributed by atoms with Gasteiger partial charge in [0.1, 0.15) is 0 Å². The van der Waals surface area contributed by atoms with Crippen LogP contribution in [0.4, 0.5) is 4.39 Å². The van der Waals surface area contributed by atoms with Crippen molar-refractivity contribution in [3.63, 3.8) is 0 Å². The fourth-order valence-electron chi connectivity index (χ4n) is 10.5. The minimum absolute atomic E-state index is 0.500. The van der Waals surface area contributed by atoms with E-state index in [1.165, 1.54) is 121 Å². The van der Waals surface area contributed by atoms with Gasteiger partial charge in [-0.15, -0.1) is 6.58 Å². The number of nitrogens with zero attached hydrogens (tertiary/aromatic N) is 2. The fraction of sp³-hybridized carbons (Fsp3) is 0.600. The van der Waals surface area contributed by atoms with Gasteiger partial charge in [0, 0.05) is 56.7 Å². The smallest absolute Gasteiger partial charge is 0.0785 e. The Hall–Kier alpha value is -3.75. The standard InChI is InChI=1S/C47H69N5.C8H15N.2C2H6.CH3F/c1-7-10-45-43(32-49-20-8-2)15-21-50-33-46(45)41-13-14-44(35(4)26-41)34-51-22-16-40(17-23-51)36(5)52-24-18-47(19-25-52)29-38(30-47)27-37-11-12-42(31-48-6)39(9-3)28-37;1-4-5-6-7-8(2)9-3;3*1-2/h7,9-14,26,28,33,36,38,40,48-50H,3,8,15-25,27,29-32,34H2,1-2,4-6H3;4,9H,1-2,5-7H2,3H3;2*1-2H3;1H3/b10-7-;;;;. The maximum Gasteiger partial charge on any atom is 0.0785 e. The lowest BCUT2D eigenvalue weighted by Crippen LogP contribution is -2.52. The van der Waals surface area contributed by atoms with Crippen LogP contribution in [0.2, 0.25) is 0 Å². The molecule has 7 heteroatoms. The van der Waals surface area contributed by atoms with Gasteiger partial charge in [0.25, 0.3) is 0 Å². The van der Waals surface area contributed by atoms with Gasteiger partial charge in [-0.05, 0) is 199 Å². The van der Waals surface area contributed by atoms with Crippen LogP contribution in [0.5, 0.6) is 0 Å². The van der Waals surface area contributed by atoms with Crippen LogP contribution in [0, 0.1) is 24.2 Å². The molecule has 4 aliphatic rings. The SMILES string of the molecule is C=CCCCC(=C)NC.C=Cc1cc(CC2CC3(CCN(C(C)C4CCN(Cc5ccc(C6=CNCCC(CNCCC)=C6/C=C\C)cc5C)CC4)CC3)C2)ccc1CNC.CC.CC.CF. The molecular weight excluding hydrogens is 824 g/mol. The van der Waals surface area contributed by atoms with Crippen LogP contribution >= 0.6 is 0 Å². The van der Waals surface area contributed by atoms with Crippen LogP contribution in [-0.2, 0) is 19.5 Å². The number of likely N-dealkylation sites (tertiary alicyclic amines) is 2. The van der Waals surface area contributed by atoms with Crippen LogP contribution in [0.1, 0.15) is 152 Å². The monoisotopic (exact) mass is 923 g/mol. The first-order valence-corrected chi connectivity index (χ1v) is 26.4. The van der Waals surface area contributed by atoms with Crippen molar-refractivity contribution in [2.45, 2.75) is 152 Å². The molecule has 6 nitrogen and oxygen atoms in total. The zero-order chi connectivity index (χ0) is 49.6. The lowest BCUT2D eigenvalue weighted by atomic mass is 9.56. The summed E-state index contributed by atoms with van der Waals surface area (Å²) in [5.41, 5.74) is 14.3. The van der Waals surface area contributed by atoms with Crippen LogP contribution in [0.15, 0.2) is 97.4 Å². The molecule has 0 amide bonds. The minimum Gasteiger partial charge on any atom is -0.392 e. The molecular formula is C60H99FN6. The van der Waals surface area contributed by atoms with Crippen LogP contribution in [0.25, 0.3) is 11.6 Å². The van der Waals surface area contributed by atoms with E-state index in [1.807, 2.05) is 53.9 Å². The fourth-order valence-corrected chi connectivity index (χ4v) is 10.5. The summed E-state index contributed by atoms with van der Waals surface area (Å²) in [5.74, 6) is 1.67. The first kappa shape index (κ1) is 59.4. The molecule has 3 aliphatic heterocycles. The number of hydrogen-bond donors (Lipinski definition) is 4. The van der Waals surface area contributed by atoms with E-state index >= 15 is 0 Å². The molecule has 4 N–H and O–H groups in total. The van der Waals surface area contributed by atoms with Gasteiger partial charge in [-0.1, -0.05) is 108 Å². The van der Waals surface area contributed by atoms with Crippen molar-refractivity contribution in [1.82, 2.24) is 31.1 Å². The zero-order valence-corrected chi connectivity index (χ0v) is 44.8. The van der Waals surface area contributed by atoms with Crippen LogP contribution in [-0.4, -0.2) is 82.9 Å². The highest BCUT2D eigenvalue weighted by molar-refractivity contribution is 5.83. The predicted octanol–water partition coefficient (Wildman–Crippen LogP) is 13.6. The summed E-state index contributed by atoms with van der Waals surface area (Å²) >= 11 is 0. The van der Waals surface area contributed by atoms with Crippen molar-refractivity contribution in [2.75, 3.05) is 67.1 Å². The molecule has 1 atom stereocenters. The van der Waals surface area contributed by atoms with Crippen molar-refractivity contribution in [3.05, 3.63) is 131 Å². The Balaban J connectivity index is 0.000000903. The molecule has 1 unspecified atom stereocenters. The molecule has 3 fully saturated rings. The Bertz CT molecular complexity index is 1800. The van der Waals surface area contributed by atoms with E-state index in [-0.39, 0.29) is 0 Å². The second-order valence-electron chi connectivity index (χ2n) is 18.8. The molecule has 3 heterocycles. The molecule has 1 saturated carbocycles. The van der Waals surface area contributed by atoms with Crippen LogP contribution in [0.3, 0.4) is 0 Å². The normalized spacial score (nSPS) is 17.9. The van der Waals surface area contributed by atoms with Gasteiger partial charge in [-0.3, -0.25) is 9.29 Å². The summed E-state index contributed by atoms with van der Waals surface area (Å²) < 4.78 is 9.50. The number of halogens is 1. The Morgan fingerprint density at radius 1 is 0.955 bits per heavy atom. The minimum atomic E-state index is 0.500. The van der Waals surface area contributed by atoms with Crippen molar-refractivity contribution >= 4 is 11.6 Å². The summed E-state index contributed by atoms with van der Waals surface area (Å²) in [6.45, 7) is 38.7. The predicted molar refractivity (Wildman–Crippen MR) is 295 cm³/mol. The first-order valence-electron chi connectivity index (χ1n) is 26.4. The largest absolute Gasteiger partial charge is 0.392 e. The topological polar surface area (TPSA) is 54.6 Å². The van der Waals surface area contributed by atoms with E-state index < -0.39 is 0 Å². The maximum atomic E-state index is 9.50. The highest BCUT2D eigenvalue weighted by Crippen LogP contribution is 2.54. The summed E-state index contributed by atoms with van der Waals surface area (Å²) in [6, 6.07) is 14.9. The number of allylic oxidation sites excluding steroid dienone is 6. The quantitative estimate of drug-likeness (QED) is 0.0784. The lowest BCUT2D eigenvalue weighted by Gasteiger charge is -2.54. The number of alkyl halides is 1. The third-order valence-corrected chi connectivity index (χ3v) is 14.4. The summed E-state index contributed by atoms with van der Waals surface area (Å²) in [5, 5.41) is 13.5. The Labute approximate surface area is 412 Å². The highest BCUT2D eigenvalue weighted by Gasteiger charge is 2.46. The van der Waals surface area contributed by atoms with E-state index in [4.69, 9.17) is 0 Å². The second kappa shape index (κ2) is 33.7. The van der Waals surface area contributed by atoms with Crippen molar-refractivity contribution < 1.29 is 4.39 Å². The first-order chi connectivity index (χ1) is 32.7. The Morgan fingerprint density at radius 3 is 2.24 bits per heavy atom. The van der Waals surface area contributed by atoms with E-state index in [0.29, 0.717) is 18.6 Å². The number of benzene rings is 2. The molecule has 1 spiro atoms. The van der Waals surface area contributed by atoms with Crippen molar-refractivity contribution in [3.8, 4) is 0 Å². The van der Waals surface area contributed by atoms with Gasteiger partial charge in [0.15, 0.2) is 0 Å². The molecule has 2 saturated heterocycles. The van der Waals surface area contributed by atoms with Crippen molar-refractivity contribution in [1.29, 1.82) is 0 Å². The Morgan fingerprint density at radius 2 is 1.64 bits per heavy atom. The summed E-state index contributed by atoms with van der Waals surface area (Å²) in [7, 11) is 4.41. The molecule has 6 rings (SSSR count). The van der Waals surface area contributed by atoms with Gasteiger partial charge in [-0.2, -0.15) is 0 Å². The summed E-state index contributed by atoms with van der Waals surface area (Å²) in [4.78, 5) is 5.57. The highest BCUT2D eigenvalue weighted by atomic mass is 19.1. The number of hydrogen-bond acceptors (Lipinski definition) is 6. The van der Waals surface area contributed by atoms with Gasteiger partial charge >= 0.3 is 0 Å². The average molecular weight is 923 g/mol.